The molecule has 1 unspecified atom stereocenters. The van der Waals surface area contributed by atoms with Gasteiger partial charge in [0, 0.05) is 13.2 Å². The second kappa shape index (κ2) is 8.12. The molecule has 0 aliphatic heterocycles. The monoisotopic (exact) mass is 215 g/mol. The minimum absolute atomic E-state index is 0.356. The average Bonchev–Trinajstić information content (AvgIpc) is 2.18. The lowest BCUT2D eigenvalue weighted by Crippen LogP contribution is -2.33. The van der Waals surface area contributed by atoms with E-state index in [4.69, 9.17) is 4.74 Å². The third kappa shape index (κ3) is 7.80. The van der Waals surface area contributed by atoms with E-state index in [1.807, 2.05) is 0 Å². The molecule has 0 aliphatic rings. The van der Waals surface area contributed by atoms with Crippen LogP contribution in [0.3, 0.4) is 0 Å². The van der Waals surface area contributed by atoms with Gasteiger partial charge < -0.3 is 10.1 Å². The van der Waals surface area contributed by atoms with Crippen LogP contribution in [0.5, 0.6) is 0 Å². The van der Waals surface area contributed by atoms with Crippen LogP contribution in [0.15, 0.2) is 0 Å². The maximum atomic E-state index is 5.62. The standard InChI is InChI=1S/C13H29NO/c1-6-9-14-11-13(5,7-2)8-10-15-12(3)4/h12,14H,6-11H2,1-5H3. The summed E-state index contributed by atoms with van der Waals surface area (Å²) in [6, 6.07) is 0. The number of hydrogen-bond acceptors (Lipinski definition) is 2. The van der Waals surface area contributed by atoms with Crippen molar-refractivity contribution < 1.29 is 4.74 Å². The zero-order valence-corrected chi connectivity index (χ0v) is 11.2. The molecule has 15 heavy (non-hydrogen) atoms. The molecule has 1 N–H and O–H groups in total. The van der Waals surface area contributed by atoms with Crippen LogP contribution in [0.25, 0.3) is 0 Å². The van der Waals surface area contributed by atoms with Crippen molar-refractivity contribution >= 4 is 0 Å². The Morgan fingerprint density at radius 1 is 1.27 bits per heavy atom. The fourth-order valence-electron chi connectivity index (χ4n) is 1.50. The number of nitrogens with one attached hydrogen (secondary N) is 1. The summed E-state index contributed by atoms with van der Waals surface area (Å²) in [5.74, 6) is 0. The third-order valence-electron chi connectivity index (χ3n) is 2.99. The van der Waals surface area contributed by atoms with Crippen molar-refractivity contribution in [3.8, 4) is 0 Å². The first-order valence-corrected chi connectivity index (χ1v) is 6.36. The Bertz CT molecular complexity index is 147. The molecule has 0 aromatic carbocycles. The van der Waals surface area contributed by atoms with Crippen molar-refractivity contribution in [2.45, 2.75) is 60.0 Å². The Balaban J connectivity index is 3.74. The molecule has 0 spiro atoms. The van der Waals surface area contributed by atoms with Gasteiger partial charge in [0.15, 0.2) is 0 Å². The van der Waals surface area contributed by atoms with E-state index in [1.165, 1.54) is 12.8 Å². The van der Waals surface area contributed by atoms with Crippen LogP contribution in [-0.2, 0) is 4.74 Å². The zero-order valence-electron chi connectivity index (χ0n) is 11.2. The van der Waals surface area contributed by atoms with Gasteiger partial charge in [-0.2, -0.15) is 0 Å². The van der Waals surface area contributed by atoms with Gasteiger partial charge in [-0.1, -0.05) is 20.8 Å². The van der Waals surface area contributed by atoms with Gasteiger partial charge in [0.1, 0.15) is 0 Å². The smallest absolute Gasteiger partial charge is 0.0518 e. The molecule has 0 heterocycles. The highest BCUT2D eigenvalue weighted by Crippen LogP contribution is 2.24. The zero-order chi connectivity index (χ0) is 11.7. The van der Waals surface area contributed by atoms with Crippen molar-refractivity contribution in [2.75, 3.05) is 19.7 Å². The highest BCUT2D eigenvalue weighted by atomic mass is 16.5. The second-order valence-corrected chi connectivity index (χ2v) is 5.01. The minimum Gasteiger partial charge on any atom is -0.379 e. The van der Waals surface area contributed by atoms with Crippen molar-refractivity contribution in [2.24, 2.45) is 5.41 Å². The highest BCUT2D eigenvalue weighted by Gasteiger charge is 2.21. The molecule has 2 nitrogen and oxygen atoms in total. The van der Waals surface area contributed by atoms with E-state index in [0.717, 1.165) is 26.1 Å². The van der Waals surface area contributed by atoms with Crippen LogP contribution in [0.4, 0.5) is 0 Å². The lowest BCUT2D eigenvalue weighted by Gasteiger charge is -2.29. The summed E-state index contributed by atoms with van der Waals surface area (Å²) in [4.78, 5) is 0. The third-order valence-corrected chi connectivity index (χ3v) is 2.99. The summed E-state index contributed by atoms with van der Waals surface area (Å²) >= 11 is 0. The Morgan fingerprint density at radius 2 is 1.93 bits per heavy atom. The lowest BCUT2D eigenvalue weighted by molar-refractivity contribution is 0.0531. The molecule has 0 saturated carbocycles. The van der Waals surface area contributed by atoms with E-state index in [1.54, 1.807) is 0 Å². The van der Waals surface area contributed by atoms with Gasteiger partial charge >= 0.3 is 0 Å². The van der Waals surface area contributed by atoms with Crippen LogP contribution >= 0.6 is 0 Å². The van der Waals surface area contributed by atoms with Gasteiger partial charge in [-0.05, 0) is 45.1 Å². The van der Waals surface area contributed by atoms with E-state index < -0.39 is 0 Å². The molecule has 0 bridgehead atoms. The van der Waals surface area contributed by atoms with Crippen LogP contribution in [0, 0.1) is 5.41 Å². The van der Waals surface area contributed by atoms with E-state index >= 15 is 0 Å². The Morgan fingerprint density at radius 3 is 2.40 bits per heavy atom. The van der Waals surface area contributed by atoms with Crippen LogP contribution < -0.4 is 5.32 Å². The quantitative estimate of drug-likeness (QED) is 0.596. The van der Waals surface area contributed by atoms with Crippen LogP contribution in [0.2, 0.25) is 0 Å². The van der Waals surface area contributed by atoms with E-state index in [2.05, 4.69) is 39.9 Å². The molecule has 0 radical (unpaired) electrons. The maximum absolute atomic E-state index is 5.62. The average molecular weight is 215 g/mol. The summed E-state index contributed by atoms with van der Waals surface area (Å²) in [6.07, 6.45) is 3.93. The maximum Gasteiger partial charge on any atom is 0.0518 e. The highest BCUT2D eigenvalue weighted by molar-refractivity contribution is 4.75. The summed E-state index contributed by atoms with van der Waals surface area (Å²) in [6.45, 7) is 14.1. The largest absolute Gasteiger partial charge is 0.379 e. The molecule has 0 aromatic heterocycles. The first-order chi connectivity index (χ1) is 7.04. The van der Waals surface area contributed by atoms with E-state index in [0.29, 0.717) is 11.5 Å². The first kappa shape index (κ1) is 14.9. The van der Waals surface area contributed by atoms with Gasteiger partial charge in [0.2, 0.25) is 0 Å². The summed E-state index contributed by atoms with van der Waals surface area (Å²) in [7, 11) is 0. The summed E-state index contributed by atoms with van der Waals surface area (Å²) in [5, 5.41) is 3.51. The molecule has 0 saturated heterocycles. The van der Waals surface area contributed by atoms with Crippen LogP contribution in [-0.4, -0.2) is 25.8 Å². The van der Waals surface area contributed by atoms with Crippen LogP contribution in [0.1, 0.15) is 53.9 Å². The lowest BCUT2D eigenvalue weighted by atomic mass is 9.84. The van der Waals surface area contributed by atoms with Gasteiger partial charge in [-0.25, -0.2) is 0 Å². The molecule has 0 rings (SSSR count). The predicted molar refractivity (Wildman–Crippen MR) is 67.3 cm³/mol. The van der Waals surface area contributed by atoms with Gasteiger partial charge in [-0.15, -0.1) is 0 Å². The second-order valence-electron chi connectivity index (χ2n) is 5.01. The summed E-state index contributed by atoms with van der Waals surface area (Å²) < 4.78 is 5.62. The topological polar surface area (TPSA) is 21.3 Å². The van der Waals surface area contributed by atoms with Gasteiger partial charge in [0.05, 0.1) is 6.10 Å². The molecule has 1 atom stereocenters. The van der Waals surface area contributed by atoms with E-state index in [9.17, 15) is 0 Å². The Hall–Kier alpha value is -0.0800. The van der Waals surface area contributed by atoms with Crippen molar-refractivity contribution in [1.82, 2.24) is 5.32 Å². The molecule has 92 valence electrons. The van der Waals surface area contributed by atoms with Crippen molar-refractivity contribution in [1.29, 1.82) is 0 Å². The molecule has 0 fully saturated rings. The number of rotatable bonds is 9. The summed E-state index contributed by atoms with van der Waals surface area (Å²) in [5.41, 5.74) is 0.393. The van der Waals surface area contributed by atoms with Gasteiger partial charge in [0.25, 0.3) is 0 Å². The molecule has 0 amide bonds. The first-order valence-electron chi connectivity index (χ1n) is 6.36. The molecular formula is C13H29NO. The molecule has 0 aromatic rings. The number of hydrogen-bond donors (Lipinski definition) is 1. The van der Waals surface area contributed by atoms with Gasteiger partial charge in [-0.3, -0.25) is 0 Å². The van der Waals surface area contributed by atoms with Crippen molar-refractivity contribution in [3.05, 3.63) is 0 Å². The fraction of sp³-hybridized carbons (Fsp3) is 1.00. The Labute approximate surface area is 95.8 Å². The Kier molecular flexibility index (Phi) is 8.07. The van der Waals surface area contributed by atoms with E-state index in [-0.39, 0.29) is 0 Å². The minimum atomic E-state index is 0.356. The number of ether oxygens (including phenoxy) is 1. The molecule has 2 heteroatoms. The fourth-order valence-corrected chi connectivity index (χ4v) is 1.50. The normalized spacial score (nSPS) is 15.6. The van der Waals surface area contributed by atoms with Crippen molar-refractivity contribution in [3.63, 3.8) is 0 Å². The SMILES string of the molecule is CCCNCC(C)(CC)CCOC(C)C. The predicted octanol–water partition coefficient (Wildman–Crippen LogP) is 3.22. The molecular weight excluding hydrogens is 186 g/mol. The molecule has 0 aliphatic carbocycles.